The number of primary amides is 1. The fourth-order valence-corrected chi connectivity index (χ4v) is 1.35. The first-order valence-corrected chi connectivity index (χ1v) is 4.39. The van der Waals surface area contributed by atoms with Crippen LogP contribution in [0.3, 0.4) is 0 Å². The Kier molecular flexibility index (Phi) is 2.81. The lowest BCUT2D eigenvalue weighted by Gasteiger charge is -2.00. The molecule has 0 saturated carbocycles. The van der Waals surface area contributed by atoms with Crippen LogP contribution >= 0.6 is 15.9 Å². The van der Waals surface area contributed by atoms with E-state index in [9.17, 15) is 4.79 Å². The van der Waals surface area contributed by atoms with Gasteiger partial charge in [-0.3, -0.25) is 4.79 Å². The monoisotopic (exact) mass is 228 g/mol. The summed E-state index contributed by atoms with van der Waals surface area (Å²) in [7, 11) is 0. The van der Waals surface area contributed by atoms with Crippen molar-refractivity contribution in [1.82, 2.24) is 4.98 Å². The van der Waals surface area contributed by atoms with Crippen molar-refractivity contribution in [1.29, 1.82) is 0 Å². The van der Waals surface area contributed by atoms with Crippen LogP contribution in [0.5, 0.6) is 0 Å². The normalized spacial score (nSPS) is 9.83. The van der Waals surface area contributed by atoms with Gasteiger partial charge in [0.25, 0.3) is 0 Å². The molecule has 0 radical (unpaired) electrons. The van der Waals surface area contributed by atoms with E-state index in [4.69, 9.17) is 5.73 Å². The Labute approximate surface area is 79.1 Å². The maximum absolute atomic E-state index is 10.8. The minimum atomic E-state index is -0.423. The van der Waals surface area contributed by atoms with E-state index in [1.54, 1.807) is 12.1 Å². The van der Waals surface area contributed by atoms with Gasteiger partial charge < -0.3 is 5.73 Å². The molecule has 1 heterocycles. The number of aromatic nitrogens is 1. The predicted molar refractivity (Wildman–Crippen MR) is 49.8 cm³/mol. The van der Waals surface area contributed by atoms with Gasteiger partial charge in [-0.1, -0.05) is 6.92 Å². The van der Waals surface area contributed by atoms with Crippen molar-refractivity contribution in [2.24, 2.45) is 5.73 Å². The zero-order valence-corrected chi connectivity index (χ0v) is 8.26. The Morgan fingerprint density at radius 1 is 1.67 bits per heavy atom. The van der Waals surface area contributed by atoms with Crippen molar-refractivity contribution in [3.8, 4) is 0 Å². The Morgan fingerprint density at radius 3 is 2.83 bits per heavy atom. The molecule has 0 aliphatic rings. The molecule has 0 fully saturated rings. The third kappa shape index (κ3) is 2.04. The summed E-state index contributed by atoms with van der Waals surface area (Å²) in [5, 5.41) is 0. The molecule has 1 amide bonds. The summed E-state index contributed by atoms with van der Waals surface area (Å²) in [5.74, 6) is -0.423. The van der Waals surface area contributed by atoms with Gasteiger partial charge in [-0.05, 0) is 34.5 Å². The van der Waals surface area contributed by atoms with Crippen LogP contribution in [-0.4, -0.2) is 10.9 Å². The topological polar surface area (TPSA) is 56.0 Å². The molecule has 0 aliphatic heterocycles. The van der Waals surface area contributed by atoms with E-state index in [-0.39, 0.29) is 0 Å². The van der Waals surface area contributed by atoms with Crippen molar-refractivity contribution >= 4 is 21.8 Å². The predicted octanol–water partition coefficient (Wildman–Crippen LogP) is 1.51. The van der Waals surface area contributed by atoms with Crippen molar-refractivity contribution in [2.75, 3.05) is 0 Å². The van der Waals surface area contributed by atoms with Crippen LogP contribution in [0.1, 0.15) is 23.0 Å². The molecular formula is C8H9BrN2O. The number of hydrogen-bond acceptors (Lipinski definition) is 2. The first-order chi connectivity index (χ1) is 5.63. The highest BCUT2D eigenvalue weighted by molar-refractivity contribution is 9.10. The van der Waals surface area contributed by atoms with E-state index in [1.165, 1.54) is 0 Å². The Hall–Kier alpha value is -0.900. The molecule has 0 aromatic carbocycles. The van der Waals surface area contributed by atoms with Crippen molar-refractivity contribution in [3.05, 3.63) is 28.0 Å². The number of halogens is 1. The fourth-order valence-electron chi connectivity index (χ4n) is 0.875. The summed E-state index contributed by atoms with van der Waals surface area (Å²) in [6.07, 6.45) is 0.791. The summed E-state index contributed by atoms with van der Waals surface area (Å²) < 4.78 is 0.649. The van der Waals surface area contributed by atoms with E-state index in [1.807, 2.05) is 6.92 Å². The molecule has 0 spiro atoms. The highest BCUT2D eigenvalue weighted by Crippen LogP contribution is 2.11. The van der Waals surface area contributed by atoms with Crippen LogP contribution in [0.2, 0.25) is 0 Å². The van der Waals surface area contributed by atoms with Gasteiger partial charge in [0.2, 0.25) is 5.91 Å². The second-order valence-corrected chi connectivity index (χ2v) is 3.20. The van der Waals surface area contributed by atoms with E-state index in [0.29, 0.717) is 10.2 Å². The molecular weight excluding hydrogens is 220 g/mol. The van der Waals surface area contributed by atoms with Crippen molar-refractivity contribution in [2.45, 2.75) is 13.3 Å². The number of pyridine rings is 1. The number of rotatable bonds is 2. The highest BCUT2D eigenvalue weighted by Gasteiger charge is 2.03. The van der Waals surface area contributed by atoms with Crippen molar-refractivity contribution < 1.29 is 4.79 Å². The number of nitrogens with two attached hydrogens (primary N) is 1. The van der Waals surface area contributed by atoms with Gasteiger partial charge in [-0.2, -0.15) is 0 Å². The third-order valence-electron chi connectivity index (χ3n) is 1.49. The zero-order valence-electron chi connectivity index (χ0n) is 6.67. The number of carbonyl (C=O) groups excluding carboxylic acids is 1. The standard InChI is InChI=1S/C8H9BrN2O/c1-2-6-3-5(8(10)12)4-7(9)11-6/h3-4H,2H2,1H3,(H2,10,12). The van der Waals surface area contributed by atoms with Crippen LogP contribution in [-0.2, 0) is 6.42 Å². The summed E-state index contributed by atoms with van der Waals surface area (Å²) >= 11 is 3.20. The van der Waals surface area contributed by atoms with E-state index < -0.39 is 5.91 Å². The average molecular weight is 229 g/mol. The van der Waals surface area contributed by atoms with Gasteiger partial charge in [-0.25, -0.2) is 4.98 Å². The molecule has 0 unspecified atom stereocenters. The molecule has 0 bridgehead atoms. The molecule has 64 valence electrons. The molecule has 0 atom stereocenters. The van der Waals surface area contributed by atoms with E-state index in [2.05, 4.69) is 20.9 Å². The lowest BCUT2D eigenvalue weighted by atomic mass is 10.2. The first kappa shape index (κ1) is 9.19. The maximum Gasteiger partial charge on any atom is 0.248 e. The van der Waals surface area contributed by atoms with Gasteiger partial charge in [0, 0.05) is 11.3 Å². The number of carbonyl (C=O) groups is 1. The summed E-state index contributed by atoms with van der Waals surface area (Å²) in [6.45, 7) is 1.97. The number of nitrogens with zero attached hydrogens (tertiary/aromatic N) is 1. The molecule has 1 aromatic heterocycles. The Morgan fingerprint density at radius 2 is 2.33 bits per heavy atom. The minimum absolute atomic E-state index is 0.423. The van der Waals surface area contributed by atoms with Crippen LogP contribution in [0.15, 0.2) is 16.7 Å². The second-order valence-electron chi connectivity index (χ2n) is 2.39. The maximum atomic E-state index is 10.8. The van der Waals surface area contributed by atoms with Crippen LogP contribution < -0.4 is 5.73 Å². The Balaban J connectivity index is 3.15. The molecule has 3 nitrogen and oxygen atoms in total. The van der Waals surface area contributed by atoms with E-state index in [0.717, 1.165) is 12.1 Å². The second kappa shape index (κ2) is 3.67. The van der Waals surface area contributed by atoms with Crippen molar-refractivity contribution in [3.63, 3.8) is 0 Å². The van der Waals surface area contributed by atoms with Gasteiger partial charge >= 0.3 is 0 Å². The average Bonchev–Trinajstić information content (AvgIpc) is 2.03. The van der Waals surface area contributed by atoms with Crippen LogP contribution in [0.4, 0.5) is 0 Å². The van der Waals surface area contributed by atoms with Crippen LogP contribution in [0.25, 0.3) is 0 Å². The lowest BCUT2D eigenvalue weighted by Crippen LogP contribution is -2.11. The minimum Gasteiger partial charge on any atom is -0.366 e. The molecule has 0 saturated heterocycles. The van der Waals surface area contributed by atoms with Crippen LogP contribution in [0, 0.1) is 0 Å². The largest absolute Gasteiger partial charge is 0.366 e. The third-order valence-corrected chi connectivity index (χ3v) is 1.90. The quantitative estimate of drug-likeness (QED) is 0.781. The number of amides is 1. The van der Waals surface area contributed by atoms with Gasteiger partial charge in [-0.15, -0.1) is 0 Å². The lowest BCUT2D eigenvalue weighted by molar-refractivity contribution is 0.1000. The smallest absolute Gasteiger partial charge is 0.248 e. The zero-order chi connectivity index (χ0) is 9.14. The number of aryl methyl sites for hydroxylation is 1. The van der Waals surface area contributed by atoms with Gasteiger partial charge in [0.15, 0.2) is 0 Å². The fraction of sp³-hybridized carbons (Fsp3) is 0.250. The molecule has 1 rings (SSSR count). The molecule has 2 N–H and O–H groups in total. The summed E-state index contributed by atoms with van der Waals surface area (Å²) in [4.78, 5) is 14.9. The summed E-state index contributed by atoms with van der Waals surface area (Å²) in [6, 6.07) is 3.31. The van der Waals surface area contributed by atoms with Gasteiger partial charge in [0.05, 0.1) is 0 Å². The summed E-state index contributed by atoms with van der Waals surface area (Å²) in [5.41, 5.74) is 6.47. The molecule has 12 heavy (non-hydrogen) atoms. The molecule has 0 aliphatic carbocycles. The molecule has 1 aromatic rings. The first-order valence-electron chi connectivity index (χ1n) is 3.59. The Bertz CT molecular complexity index is 312. The SMILES string of the molecule is CCc1cc(C(N)=O)cc(Br)n1. The van der Waals surface area contributed by atoms with E-state index >= 15 is 0 Å². The highest BCUT2D eigenvalue weighted by atomic mass is 79.9. The number of hydrogen-bond donors (Lipinski definition) is 1. The molecule has 4 heteroatoms. The van der Waals surface area contributed by atoms with Gasteiger partial charge in [0.1, 0.15) is 4.60 Å².